The summed E-state index contributed by atoms with van der Waals surface area (Å²) in [6.07, 6.45) is 4.71. The zero-order valence-corrected chi connectivity index (χ0v) is 11.7. The molecule has 0 unspecified atom stereocenters. The highest BCUT2D eigenvalue weighted by molar-refractivity contribution is 6.39. The molecule has 0 aliphatic carbocycles. The highest BCUT2D eigenvalue weighted by Crippen LogP contribution is 2.22. The Morgan fingerprint density at radius 2 is 1.79 bits per heavy atom. The number of nitrogens with one attached hydrogen (secondary N) is 1. The van der Waals surface area contributed by atoms with E-state index in [0.717, 1.165) is 25.9 Å². The summed E-state index contributed by atoms with van der Waals surface area (Å²) in [7, 11) is 0. The Kier molecular flexibility index (Phi) is 4.61. The quantitative estimate of drug-likeness (QED) is 0.925. The molecule has 0 aromatic carbocycles. The molecule has 0 atom stereocenters. The third-order valence-electron chi connectivity index (χ3n) is 2.94. The Balaban J connectivity index is 1.96. The Labute approximate surface area is 120 Å². The Morgan fingerprint density at radius 1 is 1.21 bits per heavy atom. The molecule has 2 amide bonds. The van der Waals surface area contributed by atoms with Crippen molar-refractivity contribution in [1.29, 1.82) is 0 Å². The molecule has 1 aliphatic rings. The van der Waals surface area contributed by atoms with Crippen LogP contribution in [0.25, 0.3) is 0 Å². The fraction of sp³-hybridized carbons (Fsp3) is 0.417. The van der Waals surface area contributed by atoms with E-state index >= 15 is 0 Å². The lowest BCUT2D eigenvalue weighted by Crippen LogP contribution is -2.38. The average Bonchev–Trinajstić information content (AvgIpc) is 2.89. The van der Waals surface area contributed by atoms with Crippen LogP contribution in [0, 0.1) is 0 Å². The predicted molar refractivity (Wildman–Crippen MR) is 72.4 cm³/mol. The molecule has 7 heteroatoms. The molecule has 1 N–H and O–H groups in total. The summed E-state index contributed by atoms with van der Waals surface area (Å²) in [5.74, 6) is -0.558. The topological polar surface area (TPSA) is 62.3 Å². The summed E-state index contributed by atoms with van der Waals surface area (Å²) in [6.45, 7) is 1.46. The minimum Gasteiger partial charge on any atom is -0.343 e. The maximum Gasteiger partial charge on any atom is 0.254 e. The van der Waals surface area contributed by atoms with Gasteiger partial charge in [-0.1, -0.05) is 23.2 Å². The van der Waals surface area contributed by atoms with Gasteiger partial charge in [-0.15, -0.1) is 0 Å². The van der Waals surface area contributed by atoms with E-state index in [1.807, 2.05) is 0 Å². The van der Waals surface area contributed by atoms with E-state index in [-0.39, 0.29) is 28.1 Å². The standard InChI is InChI=1S/C12H13Cl2N3O2/c13-8-5-15-6-9(14)11(8)12(19)16-7-10(18)17-3-1-2-4-17/h5-6H,1-4,7H2,(H,16,19). The third kappa shape index (κ3) is 3.36. The summed E-state index contributed by atoms with van der Waals surface area (Å²) in [5, 5.41) is 2.86. The fourth-order valence-electron chi connectivity index (χ4n) is 1.95. The van der Waals surface area contributed by atoms with Crippen molar-refractivity contribution in [2.24, 2.45) is 0 Å². The van der Waals surface area contributed by atoms with Gasteiger partial charge in [-0.05, 0) is 12.8 Å². The van der Waals surface area contributed by atoms with Crippen LogP contribution >= 0.6 is 23.2 Å². The van der Waals surface area contributed by atoms with Crippen molar-refractivity contribution >= 4 is 35.0 Å². The number of aromatic nitrogens is 1. The number of halogens is 2. The molecule has 1 aromatic rings. The summed E-state index contributed by atoms with van der Waals surface area (Å²) >= 11 is 11.7. The second kappa shape index (κ2) is 6.21. The lowest BCUT2D eigenvalue weighted by molar-refractivity contribution is -0.129. The van der Waals surface area contributed by atoms with Gasteiger partial charge in [-0.3, -0.25) is 14.6 Å². The van der Waals surface area contributed by atoms with E-state index in [9.17, 15) is 9.59 Å². The lowest BCUT2D eigenvalue weighted by atomic mass is 10.2. The van der Waals surface area contributed by atoms with Crippen LogP contribution in [0.5, 0.6) is 0 Å². The van der Waals surface area contributed by atoms with Crippen LogP contribution in [0.15, 0.2) is 12.4 Å². The van der Waals surface area contributed by atoms with Gasteiger partial charge in [0.05, 0.1) is 22.2 Å². The Bertz CT molecular complexity index is 481. The summed E-state index contributed by atoms with van der Waals surface area (Å²) < 4.78 is 0. The maximum atomic E-state index is 11.9. The fourth-order valence-corrected chi connectivity index (χ4v) is 2.49. The van der Waals surface area contributed by atoms with E-state index in [1.54, 1.807) is 4.90 Å². The number of nitrogens with zero attached hydrogens (tertiary/aromatic N) is 2. The summed E-state index contributed by atoms with van der Waals surface area (Å²) in [4.78, 5) is 29.2. The summed E-state index contributed by atoms with van der Waals surface area (Å²) in [6, 6.07) is 0. The van der Waals surface area contributed by atoms with Crippen molar-refractivity contribution in [2.45, 2.75) is 12.8 Å². The maximum absolute atomic E-state index is 11.9. The summed E-state index contributed by atoms with van der Waals surface area (Å²) in [5.41, 5.74) is 0.146. The predicted octanol–water partition coefficient (Wildman–Crippen LogP) is 1.74. The van der Waals surface area contributed by atoms with Crippen LogP contribution in [0.2, 0.25) is 10.0 Å². The van der Waals surface area contributed by atoms with Crippen molar-refractivity contribution in [2.75, 3.05) is 19.6 Å². The minimum atomic E-state index is -0.468. The molecule has 0 bridgehead atoms. The van der Waals surface area contributed by atoms with Gasteiger partial charge >= 0.3 is 0 Å². The second-order valence-corrected chi connectivity index (χ2v) is 5.06. The SMILES string of the molecule is O=C(NCC(=O)N1CCCC1)c1c(Cl)cncc1Cl. The number of carbonyl (C=O) groups is 2. The molecular formula is C12H13Cl2N3O2. The molecule has 1 saturated heterocycles. The zero-order chi connectivity index (χ0) is 13.8. The molecule has 5 nitrogen and oxygen atoms in total. The molecule has 2 rings (SSSR count). The van der Waals surface area contributed by atoms with Crippen LogP contribution in [-0.2, 0) is 4.79 Å². The van der Waals surface area contributed by atoms with Gasteiger partial charge in [0.2, 0.25) is 5.91 Å². The molecule has 1 aromatic heterocycles. The molecule has 1 fully saturated rings. The first-order valence-corrected chi connectivity index (χ1v) is 6.70. The molecular weight excluding hydrogens is 289 g/mol. The van der Waals surface area contributed by atoms with E-state index < -0.39 is 5.91 Å². The highest BCUT2D eigenvalue weighted by atomic mass is 35.5. The van der Waals surface area contributed by atoms with Gasteiger partial charge in [-0.2, -0.15) is 0 Å². The first kappa shape index (κ1) is 14.1. The van der Waals surface area contributed by atoms with Crippen LogP contribution in [0.4, 0.5) is 0 Å². The molecule has 2 heterocycles. The number of rotatable bonds is 3. The van der Waals surface area contributed by atoms with E-state index in [1.165, 1.54) is 12.4 Å². The van der Waals surface area contributed by atoms with Gasteiger partial charge in [0, 0.05) is 25.5 Å². The molecule has 19 heavy (non-hydrogen) atoms. The zero-order valence-electron chi connectivity index (χ0n) is 10.2. The molecule has 102 valence electrons. The first-order chi connectivity index (χ1) is 9.09. The van der Waals surface area contributed by atoms with Crippen molar-refractivity contribution in [1.82, 2.24) is 15.2 Å². The van der Waals surface area contributed by atoms with Gasteiger partial charge in [0.1, 0.15) is 0 Å². The van der Waals surface area contributed by atoms with Crippen molar-refractivity contribution in [3.05, 3.63) is 28.0 Å². The van der Waals surface area contributed by atoms with Crippen LogP contribution in [0.1, 0.15) is 23.2 Å². The largest absolute Gasteiger partial charge is 0.343 e. The normalized spacial score (nSPS) is 14.5. The van der Waals surface area contributed by atoms with Crippen molar-refractivity contribution in [3.63, 3.8) is 0 Å². The van der Waals surface area contributed by atoms with E-state index in [0.29, 0.717) is 0 Å². The van der Waals surface area contributed by atoms with Gasteiger partial charge in [0.15, 0.2) is 0 Å². The van der Waals surface area contributed by atoms with Crippen LogP contribution in [0.3, 0.4) is 0 Å². The first-order valence-electron chi connectivity index (χ1n) is 5.94. The van der Waals surface area contributed by atoms with Gasteiger partial charge in [-0.25, -0.2) is 0 Å². The molecule has 0 saturated carbocycles. The Hall–Kier alpha value is -1.33. The van der Waals surface area contributed by atoms with E-state index in [2.05, 4.69) is 10.3 Å². The Morgan fingerprint density at radius 3 is 2.37 bits per heavy atom. The molecule has 0 radical (unpaired) electrons. The highest BCUT2D eigenvalue weighted by Gasteiger charge is 2.20. The van der Waals surface area contributed by atoms with Crippen LogP contribution < -0.4 is 5.32 Å². The van der Waals surface area contributed by atoms with Crippen molar-refractivity contribution < 1.29 is 9.59 Å². The number of likely N-dealkylation sites (tertiary alicyclic amines) is 1. The number of hydrogen-bond acceptors (Lipinski definition) is 3. The van der Waals surface area contributed by atoms with E-state index in [4.69, 9.17) is 23.2 Å². The number of carbonyl (C=O) groups excluding carboxylic acids is 2. The minimum absolute atomic E-state index is 0.0478. The monoisotopic (exact) mass is 301 g/mol. The average molecular weight is 302 g/mol. The third-order valence-corrected chi connectivity index (χ3v) is 3.51. The van der Waals surface area contributed by atoms with Gasteiger partial charge < -0.3 is 10.2 Å². The smallest absolute Gasteiger partial charge is 0.254 e. The van der Waals surface area contributed by atoms with Crippen LogP contribution in [-0.4, -0.2) is 41.3 Å². The lowest BCUT2D eigenvalue weighted by Gasteiger charge is -2.15. The molecule has 0 spiro atoms. The number of pyridine rings is 1. The number of hydrogen-bond donors (Lipinski definition) is 1. The molecule has 1 aliphatic heterocycles. The number of amides is 2. The van der Waals surface area contributed by atoms with Crippen molar-refractivity contribution in [3.8, 4) is 0 Å². The second-order valence-electron chi connectivity index (χ2n) is 4.25. The van der Waals surface area contributed by atoms with Gasteiger partial charge in [0.25, 0.3) is 5.91 Å².